The van der Waals surface area contributed by atoms with Gasteiger partial charge in [0.1, 0.15) is 11.5 Å². The smallest absolute Gasteiger partial charge is 0.387 e. The van der Waals surface area contributed by atoms with E-state index in [4.69, 9.17) is 4.42 Å². The molecular weight excluding hydrogens is 454 g/mol. The van der Waals surface area contributed by atoms with Gasteiger partial charge < -0.3 is 14.5 Å². The highest BCUT2D eigenvalue weighted by atomic mass is 32.2. The summed E-state index contributed by atoms with van der Waals surface area (Å²) in [7, 11) is -3.69. The molecule has 174 valence electrons. The molecule has 1 amide bonds. The minimum absolute atomic E-state index is 0.0464. The molecule has 1 aromatic heterocycles. The Bertz CT molecular complexity index is 1160. The predicted octanol–water partition coefficient (Wildman–Crippen LogP) is 3.73. The van der Waals surface area contributed by atoms with Crippen LogP contribution in [0.5, 0.6) is 5.75 Å². The molecule has 0 aliphatic rings. The molecule has 0 radical (unpaired) electrons. The Morgan fingerprint density at radius 1 is 1.06 bits per heavy atom. The summed E-state index contributed by atoms with van der Waals surface area (Å²) >= 11 is 0. The summed E-state index contributed by atoms with van der Waals surface area (Å²) in [4.78, 5) is 12.1. The van der Waals surface area contributed by atoms with Crippen molar-refractivity contribution in [2.75, 3.05) is 6.54 Å². The first-order chi connectivity index (χ1) is 15.8. The molecule has 0 atom stereocenters. The third kappa shape index (κ3) is 7.85. The summed E-state index contributed by atoms with van der Waals surface area (Å²) < 4.78 is 60.8. The summed E-state index contributed by atoms with van der Waals surface area (Å²) in [6, 6.07) is 15.6. The molecule has 2 aromatic carbocycles. The number of hydrogen-bond acceptors (Lipinski definition) is 5. The first-order valence-corrected chi connectivity index (χ1v) is 11.4. The van der Waals surface area contributed by atoms with Crippen LogP contribution in [-0.2, 0) is 27.8 Å². The number of rotatable bonds is 11. The van der Waals surface area contributed by atoms with Crippen molar-refractivity contribution < 1.29 is 31.1 Å². The summed E-state index contributed by atoms with van der Waals surface area (Å²) in [6.07, 6.45) is 4.90. The zero-order chi connectivity index (χ0) is 23.7. The molecule has 0 bridgehead atoms. The van der Waals surface area contributed by atoms with E-state index in [-0.39, 0.29) is 23.1 Å². The zero-order valence-electron chi connectivity index (χ0n) is 17.4. The van der Waals surface area contributed by atoms with Crippen molar-refractivity contribution in [2.45, 2.75) is 24.5 Å². The first kappa shape index (κ1) is 24.1. The second-order valence-corrected chi connectivity index (χ2v) is 8.64. The van der Waals surface area contributed by atoms with E-state index in [0.29, 0.717) is 24.3 Å². The Hall–Kier alpha value is -3.50. The number of carbonyl (C=O) groups excluding carboxylic acids is 1. The van der Waals surface area contributed by atoms with Crippen LogP contribution < -0.4 is 14.8 Å². The van der Waals surface area contributed by atoms with E-state index in [1.54, 1.807) is 42.5 Å². The Morgan fingerprint density at radius 3 is 2.42 bits per heavy atom. The highest BCUT2D eigenvalue weighted by Gasteiger charge is 2.14. The molecule has 7 nitrogen and oxygen atoms in total. The summed E-state index contributed by atoms with van der Waals surface area (Å²) in [5.74, 6) is 0.263. The fraction of sp³-hybridized carbons (Fsp3) is 0.174. The first-order valence-electron chi connectivity index (χ1n) is 9.93. The number of nitrogens with one attached hydrogen (secondary N) is 2. The molecule has 10 heteroatoms. The quantitative estimate of drug-likeness (QED) is 0.411. The predicted molar refractivity (Wildman–Crippen MR) is 118 cm³/mol. The molecule has 1 heterocycles. The van der Waals surface area contributed by atoms with Gasteiger partial charge in [0.2, 0.25) is 15.9 Å². The SMILES string of the molecule is O=C(/C=C/c1ccc(S(=O)(=O)NCc2ccco2)cc1)NCCc1ccc(OC(F)F)cc1. The van der Waals surface area contributed by atoms with Crippen molar-refractivity contribution in [3.05, 3.63) is 89.9 Å². The molecule has 0 saturated carbocycles. The second kappa shape index (κ2) is 11.4. The normalized spacial score (nSPS) is 11.7. The number of amides is 1. The number of alkyl halides is 2. The molecule has 3 rings (SSSR count). The number of carbonyl (C=O) groups is 1. The molecule has 2 N–H and O–H groups in total. The lowest BCUT2D eigenvalue weighted by atomic mass is 10.1. The molecule has 0 saturated heterocycles. The fourth-order valence-corrected chi connectivity index (χ4v) is 3.81. The number of hydrogen-bond donors (Lipinski definition) is 2. The maximum Gasteiger partial charge on any atom is 0.387 e. The lowest BCUT2D eigenvalue weighted by Crippen LogP contribution is -2.23. The maximum absolute atomic E-state index is 12.3. The molecule has 33 heavy (non-hydrogen) atoms. The molecular formula is C23H22F2N2O5S. The fourth-order valence-electron chi connectivity index (χ4n) is 2.82. The standard InChI is InChI=1S/C23H22F2N2O5S/c24-23(25)32-19-8-3-18(4-9-19)13-14-26-22(28)12-7-17-5-10-21(11-6-17)33(29,30)27-16-20-2-1-15-31-20/h1-12,15,23,27H,13-14,16H2,(H,26,28)/b12-7+. The second-order valence-electron chi connectivity index (χ2n) is 6.87. The molecule has 0 fully saturated rings. The van der Waals surface area contributed by atoms with Gasteiger partial charge in [-0.15, -0.1) is 0 Å². The minimum atomic E-state index is -3.69. The van der Waals surface area contributed by atoms with Crippen LogP contribution in [0.2, 0.25) is 0 Å². The van der Waals surface area contributed by atoms with Crippen molar-refractivity contribution in [1.29, 1.82) is 0 Å². The zero-order valence-corrected chi connectivity index (χ0v) is 18.2. The van der Waals surface area contributed by atoms with Gasteiger partial charge in [0, 0.05) is 12.6 Å². The lowest BCUT2D eigenvalue weighted by Gasteiger charge is -2.06. The molecule has 0 aliphatic heterocycles. The molecule has 3 aromatic rings. The van der Waals surface area contributed by atoms with Gasteiger partial charge in [0.25, 0.3) is 0 Å². The van der Waals surface area contributed by atoms with Gasteiger partial charge in [-0.2, -0.15) is 8.78 Å². The average Bonchev–Trinajstić information content (AvgIpc) is 3.31. The topological polar surface area (TPSA) is 97.6 Å². The van der Waals surface area contributed by atoms with Crippen LogP contribution in [-0.4, -0.2) is 27.5 Å². The van der Waals surface area contributed by atoms with Crippen molar-refractivity contribution in [2.24, 2.45) is 0 Å². The summed E-state index contributed by atoms with van der Waals surface area (Å²) in [5, 5.41) is 2.72. The largest absolute Gasteiger partial charge is 0.468 e. The van der Waals surface area contributed by atoms with Crippen LogP contribution in [0.1, 0.15) is 16.9 Å². The van der Waals surface area contributed by atoms with Gasteiger partial charge in [-0.3, -0.25) is 4.79 Å². The third-order valence-corrected chi connectivity index (χ3v) is 5.91. The number of ether oxygens (including phenoxy) is 1. The van der Waals surface area contributed by atoms with Gasteiger partial charge in [0.05, 0.1) is 17.7 Å². The highest BCUT2D eigenvalue weighted by molar-refractivity contribution is 7.89. The summed E-state index contributed by atoms with van der Waals surface area (Å²) in [6.45, 7) is -2.46. The van der Waals surface area contributed by atoms with E-state index in [1.165, 1.54) is 36.6 Å². The van der Waals surface area contributed by atoms with Gasteiger partial charge in [-0.1, -0.05) is 24.3 Å². The van der Waals surface area contributed by atoms with Crippen LogP contribution >= 0.6 is 0 Å². The van der Waals surface area contributed by atoms with E-state index < -0.39 is 16.6 Å². The van der Waals surface area contributed by atoms with Crippen LogP contribution in [0.4, 0.5) is 8.78 Å². The lowest BCUT2D eigenvalue weighted by molar-refractivity contribution is -0.116. The van der Waals surface area contributed by atoms with E-state index in [1.807, 2.05) is 0 Å². The van der Waals surface area contributed by atoms with Crippen LogP contribution in [0.25, 0.3) is 6.08 Å². The number of benzene rings is 2. The van der Waals surface area contributed by atoms with Gasteiger partial charge in [0.15, 0.2) is 0 Å². The Kier molecular flexibility index (Phi) is 8.34. The van der Waals surface area contributed by atoms with Crippen molar-refractivity contribution >= 4 is 22.0 Å². The monoisotopic (exact) mass is 476 g/mol. The van der Waals surface area contributed by atoms with E-state index in [2.05, 4.69) is 14.8 Å². The third-order valence-electron chi connectivity index (χ3n) is 4.50. The minimum Gasteiger partial charge on any atom is -0.468 e. The maximum atomic E-state index is 12.3. The molecule has 0 spiro atoms. The molecule has 0 unspecified atom stereocenters. The number of halogens is 2. The Morgan fingerprint density at radius 2 is 1.79 bits per heavy atom. The van der Waals surface area contributed by atoms with Crippen molar-refractivity contribution in [3.63, 3.8) is 0 Å². The number of furan rings is 1. The Labute approximate surface area is 190 Å². The highest BCUT2D eigenvalue weighted by Crippen LogP contribution is 2.15. The van der Waals surface area contributed by atoms with Gasteiger partial charge in [-0.05, 0) is 60.0 Å². The van der Waals surface area contributed by atoms with Gasteiger partial charge in [-0.25, -0.2) is 13.1 Å². The molecule has 0 aliphatic carbocycles. The summed E-state index contributed by atoms with van der Waals surface area (Å²) in [5.41, 5.74) is 1.52. The van der Waals surface area contributed by atoms with E-state index in [0.717, 1.165) is 5.56 Å². The number of sulfonamides is 1. The average molecular weight is 477 g/mol. The Balaban J connectivity index is 1.44. The van der Waals surface area contributed by atoms with Crippen molar-refractivity contribution in [3.8, 4) is 5.75 Å². The van der Waals surface area contributed by atoms with E-state index in [9.17, 15) is 22.0 Å². The van der Waals surface area contributed by atoms with Crippen LogP contribution in [0.15, 0.2) is 82.3 Å². The van der Waals surface area contributed by atoms with Crippen LogP contribution in [0, 0.1) is 0 Å². The van der Waals surface area contributed by atoms with Crippen molar-refractivity contribution in [1.82, 2.24) is 10.0 Å². The van der Waals surface area contributed by atoms with E-state index >= 15 is 0 Å². The van der Waals surface area contributed by atoms with Crippen LogP contribution in [0.3, 0.4) is 0 Å². The van der Waals surface area contributed by atoms with Gasteiger partial charge >= 0.3 is 6.61 Å².